The first kappa shape index (κ1) is 13.0. The summed E-state index contributed by atoms with van der Waals surface area (Å²) in [6.45, 7) is 3.02. The van der Waals surface area contributed by atoms with Gasteiger partial charge in [-0.05, 0) is 31.1 Å². The monoisotopic (exact) mass is 281 g/mol. The Hall–Kier alpha value is -1.04. The average Bonchev–Trinajstić information content (AvgIpc) is 2.79. The van der Waals surface area contributed by atoms with Crippen LogP contribution in [0.3, 0.4) is 0 Å². The fraction of sp³-hybridized carbons (Fsp3) is 0.769. The molecule has 1 heterocycles. The second-order valence-corrected chi connectivity index (χ2v) is 6.40. The maximum absolute atomic E-state index is 10.7. The number of fused-ring (bicyclic) bond motifs is 1. The highest BCUT2D eigenvalue weighted by Crippen LogP contribution is 2.62. The van der Waals surface area contributed by atoms with E-state index in [0.29, 0.717) is 5.92 Å². The van der Waals surface area contributed by atoms with Gasteiger partial charge in [0.25, 0.3) is 0 Å². The number of carboxylic acid groups (broad SMARTS) is 1. The van der Waals surface area contributed by atoms with Crippen molar-refractivity contribution in [3.8, 4) is 0 Å². The van der Waals surface area contributed by atoms with Crippen molar-refractivity contribution < 1.29 is 9.90 Å². The fourth-order valence-corrected chi connectivity index (χ4v) is 4.11. The van der Waals surface area contributed by atoms with Crippen LogP contribution in [0.1, 0.15) is 44.3 Å². The van der Waals surface area contributed by atoms with Crippen LogP contribution < -0.4 is 0 Å². The molecule has 104 valence electrons. The Bertz CT molecular complexity index is 478. The van der Waals surface area contributed by atoms with Gasteiger partial charge in [-0.15, -0.1) is 10.2 Å². The summed E-state index contributed by atoms with van der Waals surface area (Å²) in [6.07, 6.45) is 5.03. The molecule has 2 fully saturated rings. The average molecular weight is 281 g/mol. The zero-order chi connectivity index (χ0) is 13.4. The topological polar surface area (TPSA) is 68.0 Å². The van der Waals surface area contributed by atoms with Crippen molar-refractivity contribution in [3.63, 3.8) is 0 Å². The number of aromatic nitrogens is 3. The SMILES string of the molecule is CCCn1c(SCC(=O)O)nnc1C1C2CCCC21. The fourth-order valence-electron chi connectivity index (χ4n) is 3.42. The molecule has 0 saturated heterocycles. The molecule has 2 atom stereocenters. The van der Waals surface area contributed by atoms with Crippen LogP contribution in [0.4, 0.5) is 0 Å². The van der Waals surface area contributed by atoms with Crippen LogP contribution in [-0.2, 0) is 11.3 Å². The number of carboxylic acids is 1. The van der Waals surface area contributed by atoms with Gasteiger partial charge in [0, 0.05) is 12.5 Å². The summed E-state index contributed by atoms with van der Waals surface area (Å²) < 4.78 is 2.15. The van der Waals surface area contributed by atoms with E-state index in [9.17, 15) is 4.79 Å². The quantitative estimate of drug-likeness (QED) is 0.811. The predicted molar refractivity (Wildman–Crippen MR) is 72.2 cm³/mol. The summed E-state index contributed by atoms with van der Waals surface area (Å²) in [7, 11) is 0. The Labute approximate surface area is 116 Å². The molecule has 2 unspecified atom stereocenters. The molecule has 0 amide bonds. The largest absolute Gasteiger partial charge is 0.481 e. The molecule has 2 aliphatic carbocycles. The Morgan fingerprint density at radius 3 is 2.79 bits per heavy atom. The van der Waals surface area contributed by atoms with Gasteiger partial charge < -0.3 is 9.67 Å². The summed E-state index contributed by atoms with van der Waals surface area (Å²) in [5.41, 5.74) is 0. The molecule has 19 heavy (non-hydrogen) atoms. The van der Waals surface area contributed by atoms with Crippen LogP contribution in [0.5, 0.6) is 0 Å². The smallest absolute Gasteiger partial charge is 0.313 e. The van der Waals surface area contributed by atoms with Gasteiger partial charge in [0.05, 0.1) is 5.75 Å². The van der Waals surface area contributed by atoms with E-state index >= 15 is 0 Å². The lowest BCUT2D eigenvalue weighted by Gasteiger charge is -2.09. The van der Waals surface area contributed by atoms with Gasteiger partial charge >= 0.3 is 5.97 Å². The minimum atomic E-state index is -0.805. The summed E-state index contributed by atoms with van der Waals surface area (Å²) in [4.78, 5) is 10.7. The summed E-state index contributed by atoms with van der Waals surface area (Å²) >= 11 is 1.28. The number of rotatable bonds is 6. The zero-order valence-electron chi connectivity index (χ0n) is 11.1. The van der Waals surface area contributed by atoms with Crippen molar-refractivity contribution in [3.05, 3.63) is 5.82 Å². The number of aliphatic carboxylic acids is 1. The van der Waals surface area contributed by atoms with E-state index < -0.39 is 5.97 Å². The van der Waals surface area contributed by atoms with E-state index in [2.05, 4.69) is 21.7 Å². The van der Waals surface area contributed by atoms with Crippen LogP contribution in [-0.4, -0.2) is 31.6 Å². The third-order valence-electron chi connectivity index (χ3n) is 4.22. The molecule has 2 saturated carbocycles. The van der Waals surface area contributed by atoms with Crippen molar-refractivity contribution in [2.75, 3.05) is 5.75 Å². The zero-order valence-corrected chi connectivity index (χ0v) is 11.9. The number of carbonyl (C=O) groups is 1. The molecule has 3 rings (SSSR count). The van der Waals surface area contributed by atoms with Crippen molar-refractivity contribution >= 4 is 17.7 Å². The van der Waals surface area contributed by atoms with Gasteiger partial charge in [0.15, 0.2) is 5.16 Å². The number of thioether (sulfide) groups is 1. The lowest BCUT2D eigenvalue weighted by atomic mass is 10.1. The van der Waals surface area contributed by atoms with E-state index in [1.807, 2.05) is 0 Å². The molecule has 1 N–H and O–H groups in total. The molecule has 0 aliphatic heterocycles. The van der Waals surface area contributed by atoms with Crippen molar-refractivity contribution in [2.45, 2.75) is 50.2 Å². The Kier molecular flexibility index (Phi) is 3.52. The second-order valence-electron chi connectivity index (χ2n) is 5.46. The van der Waals surface area contributed by atoms with E-state index in [-0.39, 0.29) is 5.75 Å². The molecular weight excluding hydrogens is 262 g/mol. The first-order valence-corrected chi connectivity index (χ1v) is 7.98. The summed E-state index contributed by atoms with van der Waals surface area (Å²) in [6, 6.07) is 0. The third kappa shape index (κ3) is 2.38. The van der Waals surface area contributed by atoms with Crippen molar-refractivity contribution in [1.29, 1.82) is 0 Å². The van der Waals surface area contributed by atoms with E-state index in [1.165, 1.54) is 31.0 Å². The van der Waals surface area contributed by atoms with E-state index in [1.54, 1.807) is 0 Å². The molecule has 0 bridgehead atoms. The molecule has 1 aromatic heterocycles. The lowest BCUT2D eigenvalue weighted by molar-refractivity contribution is -0.133. The van der Waals surface area contributed by atoms with Gasteiger partial charge in [-0.25, -0.2) is 0 Å². The summed E-state index contributed by atoms with van der Waals surface area (Å²) in [5, 5.41) is 18.1. The van der Waals surface area contributed by atoms with Gasteiger partial charge in [0.1, 0.15) is 5.82 Å². The van der Waals surface area contributed by atoms with Gasteiger partial charge in [0.2, 0.25) is 0 Å². The van der Waals surface area contributed by atoms with E-state index in [4.69, 9.17) is 5.11 Å². The Balaban J connectivity index is 1.78. The van der Waals surface area contributed by atoms with Crippen molar-refractivity contribution in [1.82, 2.24) is 14.8 Å². The highest BCUT2D eigenvalue weighted by atomic mass is 32.2. The van der Waals surface area contributed by atoms with E-state index in [0.717, 1.165) is 35.8 Å². The molecule has 0 aromatic carbocycles. The number of nitrogens with zero attached hydrogens (tertiary/aromatic N) is 3. The number of hydrogen-bond acceptors (Lipinski definition) is 4. The molecule has 2 aliphatic rings. The van der Waals surface area contributed by atoms with Crippen LogP contribution >= 0.6 is 11.8 Å². The molecule has 5 nitrogen and oxygen atoms in total. The Morgan fingerprint density at radius 1 is 1.42 bits per heavy atom. The highest BCUT2D eigenvalue weighted by molar-refractivity contribution is 7.99. The Morgan fingerprint density at radius 2 is 2.16 bits per heavy atom. The van der Waals surface area contributed by atoms with Crippen LogP contribution in [0.25, 0.3) is 0 Å². The van der Waals surface area contributed by atoms with Crippen LogP contribution in [0.2, 0.25) is 0 Å². The van der Waals surface area contributed by atoms with Gasteiger partial charge in [-0.3, -0.25) is 4.79 Å². The number of hydrogen-bond donors (Lipinski definition) is 1. The summed E-state index contributed by atoms with van der Waals surface area (Å²) in [5.74, 6) is 2.57. The lowest BCUT2D eigenvalue weighted by Crippen LogP contribution is -2.07. The van der Waals surface area contributed by atoms with Gasteiger partial charge in [-0.1, -0.05) is 25.1 Å². The van der Waals surface area contributed by atoms with Gasteiger partial charge in [-0.2, -0.15) is 0 Å². The first-order valence-electron chi connectivity index (χ1n) is 7.00. The first-order chi connectivity index (χ1) is 9.22. The second kappa shape index (κ2) is 5.15. The molecule has 0 spiro atoms. The molecular formula is C13H19N3O2S. The van der Waals surface area contributed by atoms with Crippen LogP contribution in [0.15, 0.2) is 5.16 Å². The molecule has 1 aromatic rings. The highest BCUT2D eigenvalue weighted by Gasteiger charge is 2.55. The van der Waals surface area contributed by atoms with Crippen molar-refractivity contribution in [2.24, 2.45) is 11.8 Å². The minimum Gasteiger partial charge on any atom is -0.481 e. The maximum Gasteiger partial charge on any atom is 0.313 e. The predicted octanol–water partition coefficient (Wildman–Crippen LogP) is 2.38. The molecule has 0 radical (unpaired) electrons. The maximum atomic E-state index is 10.7. The standard InChI is InChI=1S/C13H19N3O2S/c1-2-6-16-12(11-8-4-3-5-9(8)11)14-15-13(16)19-7-10(17)18/h8-9,11H,2-7H2,1H3,(H,17,18). The minimum absolute atomic E-state index is 0.0549. The molecule has 6 heteroatoms. The normalized spacial score (nSPS) is 28.4. The third-order valence-corrected chi connectivity index (χ3v) is 5.17. The van der Waals surface area contributed by atoms with Crippen LogP contribution in [0, 0.1) is 11.8 Å².